The molecule has 1 aliphatic heterocycles. The number of rotatable bonds is 8. The van der Waals surface area contributed by atoms with Crippen molar-refractivity contribution in [3.8, 4) is 0 Å². The highest BCUT2D eigenvalue weighted by Gasteiger charge is 2.41. The fourth-order valence-corrected chi connectivity index (χ4v) is 2.48. The van der Waals surface area contributed by atoms with Crippen LogP contribution in [0.4, 0.5) is 0 Å². The molecule has 25 heavy (non-hydrogen) atoms. The van der Waals surface area contributed by atoms with Gasteiger partial charge in [-0.15, -0.1) is 0 Å². The molecule has 0 aromatic carbocycles. The highest BCUT2D eigenvalue weighted by atomic mass is 16.7. The predicted molar refractivity (Wildman–Crippen MR) is 92.1 cm³/mol. The van der Waals surface area contributed by atoms with Gasteiger partial charge in [-0.25, -0.2) is 4.79 Å². The van der Waals surface area contributed by atoms with E-state index in [2.05, 4.69) is 14.9 Å². The van der Waals surface area contributed by atoms with Crippen LogP contribution < -0.4 is 0 Å². The van der Waals surface area contributed by atoms with E-state index in [0.717, 1.165) is 30.7 Å². The van der Waals surface area contributed by atoms with E-state index in [-0.39, 0.29) is 5.92 Å². The molecule has 1 aromatic rings. The van der Waals surface area contributed by atoms with E-state index in [1.165, 1.54) is 7.11 Å². The average Bonchev–Trinajstić information content (AvgIpc) is 2.65. The Balaban J connectivity index is 1.59. The summed E-state index contributed by atoms with van der Waals surface area (Å²) in [5.41, 5.74) is 1.57. The summed E-state index contributed by atoms with van der Waals surface area (Å²) < 4.78 is 15.7. The van der Waals surface area contributed by atoms with E-state index in [9.17, 15) is 4.79 Å². The van der Waals surface area contributed by atoms with Crippen molar-refractivity contribution < 1.29 is 23.8 Å². The number of oxime groups is 1. The van der Waals surface area contributed by atoms with Gasteiger partial charge in [-0.2, -0.15) is 0 Å². The fourth-order valence-electron chi connectivity index (χ4n) is 2.48. The molecule has 0 amide bonds. The van der Waals surface area contributed by atoms with Crippen molar-refractivity contribution in [2.45, 2.75) is 38.9 Å². The molecule has 7 nitrogen and oxygen atoms in total. The third-order valence-corrected chi connectivity index (χ3v) is 4.08. The molecule has 0 atom stereocenters. The van der Waals surface area contributed by atoms with Crippen LogP contribution in [0.15, 0.2) is 29.6 Å². The quantitative estimate of drug-likeness (QED) is 0.310. The smallest absolute Gasteiger partial charge is 0.366 e. The Kier molecular flexibility index (Phi) is 7.33. The molecule has 0 bridgehead atoms. The number of carbonyl (C=O) groups is 1. The van der Waals surface area contributed by atoms with Crippen LogP contribution in [0.2, 0.25) is 0 Å². The minimum atomic E-state index is -1.27. The number of pyridine rings is 1. The van der Waals surface area contributed by atoms with E-state index in [4.69, 9.17) is 14.3 Å². The summed E-state index contributed by atoms with van der Waals surface area (Å²) >= 11 is 0. The number of methoxy groups -OCH3 is 1. The molecule has 1 aliphatic rings. The van der Waals surface area contributed by atoms with E-state index < -0.39 is 11.8 Å². The topological polar surface area (TPSA) is 79.2 Å². The number of hydrogen-bond acceptors (Lipinski definition) is 7. The van der Waals surface area contributed by atoms with Crippen LogP contribution in [0, 0.1) is 5.92 Å². The molecular weight excluding hydrogens is 324 g/mol. The lowest BCUT2D eigenvalue weighted by Crippen LogP contribution is -2.48. The maximum atomic E-state index is 11.6. The first-order valence-corrected chi connectivity index (χ1v) is 8.49. The second kappa shape index (κ2) is 9.48. The Morgan fingerprint density at radius 1 is 1.36 bits per heavy atom. The standard InChI is InChI=1S/C18H26N2O5/c1-14(16-9-4-6-10-19-16)20-25-11-7-5-8-15-12-23-18(2,24-13-15)17(21)22-3/h4,6,9-10,15H,5,7-8,11-13H2,1-3H3. The summed E-state index contributed by atoms with van der Waals surface area (Å²) in [5, 5.41) is 4.08. The third kappa shape index (κ3) is 5.79. The first-order valence-electron chi connectivity index (χ1n) is 8.49. The largest absolute Gasteiger partial charge is 0.465 e. The maximum Gasteiger partial charge on any atom is 0.366 e. The van der Waals surface area contributed by atoms with Gasteiger partial charge in [-0.05, 0) is 38.3 Å². The van der Waals surface area contributed by atoms with Gasteiger partial charge in [-0.3, -0.25) is 4.98 Å². The first-order chi connectivity index (χ1) is 12.0. The van der Waals surface area contributed by atoms with Gasteiger partial charge >= 0.3 is 5.97 Å². The minimum Gasteiger partial charge on any atom is -0.465 e. The molecule has 0 spiro atoms. The molecule has 2 rings (SSSR count). The van der Waals surface area contributed by atoms with Crippen LogP contribution in [-0.4, -0.2) is 49.4 Å². The summed E-state index contributed by atoms with van der Waals surface area (Å²) in [6, 6.07) is 5.68. The van der Waals surface area contributed by atoms with Gasteiger partial charge in [0, 0.05) is 19.0 Å². The predicted octanol–water partition coefficient (Wildman–Crippen LogP) is 2.54. The number of ether oxygens (including phenoxy) is 3. The number of unbranched alkanes of at least 4 members (excludes halogenated alkanes) is 1. The lowest BCUT2D eigenvalue weighted by Gasteiger charge is -2.35. The summed E-state index contributed by atoms with van der Waals surface area (Å²) in [6.45, 7) is 4.99. The molecule has 0 N–H and O–H groups in total. The van der Waals surface area contributed by atoms with Gasteiger partial charge in [0.25, 0.3) is 5.79 Å². The zero-order chi connectivity index (χ0) is 18.1. The van der Waals surface area contributed by atoms with Crippen LogP contribution in [0.1, 0.15) is 38.8 Å². The zero-order valence-electron chi connectivity index (χ0n) is 15.1. The Labute approximate surface area is 148 Å². The first kappa shape index (κ1) is 19.3. The van der Waals surface area contributed by atoms with Gasteiger partial charge in [-0.1, -0.05) is 11.2 Å². The SMILES string of the molecule is COC(=O)C1(C)OCC(CCCCON=C(C)c2ccccn2)CO1. The second-order valence-electron chi connectivity index (χ2n) is 6.15. The Hall–Kier alpha value is -1.99. The molecule has 1 fully saturated rings. The summed E-state index contributed by atoms with van der Waals surface area (Å²) in [4.78, 5) is 21.1. The number of carbonyl (C=O) groups excluding carboxylic acids is 1. The number of esters is 1. The van der Waals surface area contributed by atoms with E-state index in [0.29, 0.717) is 19.8 Å². The van der Waals surface area contributed by atoms with Crippen LogP contribution in [-0.2, 0) is 23.8 Å². The van der Waals surface area contributed by atoms with Gasteiger partial charge in [0.2, 0.25) is 0 Å². The van der Waals surface area contributed by atoms with E-state index in [1.54, 1.807) is 13.1 Å². The lowest BCUT2D eigenvalue weighted by atomic mass is 10.0. The molecule has 7 heteroatoms. The van der Waals surface area contributed by atoms with Gasteiger partial charge < -0.3 is 19.0 Å². The molecule has 0 radical (unpaired) electrons. The highest BCUT2D eigenvalue weighted by Crippen LogP contribution is 2.25. The van der Waals surface area contributed by atoms with Crippen LogP contribution in [0.25, 0.3) is 0 Å². The van der Waals surface area contributed by atoms with Crippen molar-refractivity contribution in [1.82, 2.24) is 4.98 Å². The molecule has 0 aliphatic carbocycles. The Bertz CT molecular complexity index is 568. The number of aromatic nitrogens is 1. The summed E-state index contributed by atoms with van der Waals surface area (Å²) in [5.74, 6) is -1.50. The third-order valence-electron chi connectivity index (χ3n) is 4.08. The Morgan fingerprint density at radius 2 is 2.12 bits per heavy atom. The zero-order valence-corrected chi connectivity index (χ0v) is 15.1. The average molecular weight is 350 g/mol. The van der Waals surface area contributed by atoms with Gasteiger partial charge in [0.1, 0.15) is 12.3 Å². The van der Waals surface area contributed by atoms with Crippen molar-refractivity contribution in [2.24, 2.45) is 11.1 Å². The molecule has 0 saturated carbocycles. The van der Waals surface area contributed by atoms with Crippen molar-refractivity contribution in [1.29, 1.82) is 0 Å². The molecule has 2 heterocycles. The molecule has 0 unspecified atom stereocenters. The summed E-state index contributed by atoms with van der Waals surface area (Å²) in [6.07, 6.45) is 4.55. The van der Waals surface area contributed by atoms with Crippen molar-refractivity contribution in [2.75, 3.05) is 26.9 Å². The van der Waals surface area contributed by atoms with Gasteiger partial charge in [0.05, 0.1) is 26.0 Å². The van der Waals surface area contributed by atoms with Crippen molar-refractivity contribution >= 4 is 11.7 Å². The normalized spacial score (nSPS) is 24.0. The molecule has 138 valence electrons. The minimum absolute atomic E-state index is 0.275. The van der Waals surface area contributed by atoms with Crippen molar-refractivity contribution in [3.63, 3.8) is 0 Å². The second-order valence-corrected chi connectivity index (χ2v) is 6.15. The van der Waals surface area contributed by atoms with Gasteiger partial charge in [0.15, 0.2) is 0 Å². The molecule has 1 aromatic heterocycles. The number of nitrogens with zero attached hydrogens (tertiary/aromatic N) is 2. The van der Waals surface area contributed by atoms with Crippen molar-refractivity contribution in [3.05, 3.63) is 30.1 Å². The summed E-state index contributed by atoms with van der Waals surface area (Å²) in [7, 11) is 1.32. The van der Waals surface area contributed by atoms with Crippen LogP contribution in [0.5, 0.6) is 0 Å². The van der Waals surface area contributed by atoms with Crippen LogP contribution >= 0.6 is 0 Å². The number of hydrogen-bond donors (Lipinski definition) is 0. The van der Waals surface area contributed by atoms with E-state index >= 15 is 0 Å². The lowest BCUT2D eigenvalue weighted by molar-refractivity contribution is -0.272. The monoisotopic (exact) mass is 350 g/mol. The molecule has 1 saturated heterocycles. The molecular formula is C18H26N2O5. The highest BCUT2D eigenvalue weighted by molar-refractivity contribution is 5.96. The van der Waals surface area contributed by atoms with Crippen LogP contribution in [0.3, 0.4) is 0 Å². The van der Waals surface area contributed by atoms with E-state index in [1.807, 2.05) is 25.1 Å². The fraction of sp³-hybridized carbons (Fsp3) is 0.611. The maximum absolute atomic E-state index is 11.6. The Morgan fingerprint density at radius 3 is 2.76 bits per heavy atom.